The van der Waals surface area contributed by atoms with Gasteiger partial charge in [-0.3, -0.25) is 28.8 Å². The van der Waals surface area contributed by atoms with E-state index in [1.165, 1.54) is 16.9 Å². The first-order chi connectivity index (χ1) is 23.7. The fourth-order valence-electron chi connectivity index (χ4n) is 5.66. The lowest BCUT2D eigenvalue weighted by molar-refractivity contribution is -0.147. The van der Waals surface area contributed by atoms with E-state index in [-0.39, 0.29) is 30.7 Å². The smallest absolute Gasteiger partial charge is 0.290 e. The van der Waals surface area contributed by atoms with Crippen molar-refractivity contribution in [3.05, 3.63) is 48.4 Å². The Balaban J connectivity index is 2.19. The molecule has 5 amide bonds. The number of methoxy groups -OCH3 is 1. The lowest BCUT2D eigenvalue weighted by Crippen LogP contribution is -2.61. The van der Waals surface area contributed by atoms with Crippen LogP contribution in [0.5, 0.6) is 0 Å². The molecule has 0 saturated carbocycles. The van der Waals surface area contributed by atoms with E-state index in [2.05, 4.69) is 27.8 Å². The standard InChI is InChI=1S/C37H58N6O8/c1-12-16-26(30(45)33(47)38-20-28(44)41-29(34(48)42(9)10)25-17-14-13-15-18-25)40-32(46)27-19-36(5,6)22-43(27)35(49)31(37(7,8)50-11)39-24(4)51-21-23(2)3/h13-15,17-18,23,26-27,29,31,39H,4,12,16,19-22H2,1-3,5-11H3,(H,38,47)(H,40,46)(H,41,44)/t26-,27-,29-,31+/m0/s1. The molecular weight excluding hydrogens is 656 g/mol. The van der Waals surface area contributed by atoms with Gasteiger partial charge >= 0.3 is 0 Å². The van der Waals surface area contributed by atoms with E-state index >= 15 is 0 Å². The van der Waals surface area contributed by atoms with Crippen LogP contribution in [0.1, 0.15) is 79.3 Å². The van der Waals surface area contributed by atoms with Crippen LogP contribution in [0.15, 0.2) is 42.8 Å². The molecule has 1 saturated heterocycles. The number of likely N-dealkylation sites (tertiary alicyclic amines) is 1. The molecule has 284 valence electrons. The van der Waals surface area contributed by atoms with Crippen LogP contribution in [0.2, 0.25) is 0 Å². The van der Waals surface area contributed by atoms with Crippen molar-refractivity contribution in [2.24, 2.45) is 11.3 Å². The summed E-state index contributed by atoms with van der Waals surface area (Å²) in [4.78, 5) is 82.8. The summed E-state index contributed by atoms with van der Waals surface area (Å²) in [7, 11) is 4.61. The van der Waals surface area contributed by atoms with Crippen LogP contribution in [0.3, 0.4) is 0 Å². The quantitative estimate of drug-likeness (QED) is 0.124. The van der Waals surface area contributed by atoms with Gasteiger partial charge in [0.2, 0.25) is 29.4 Å². The van der Waals surface area contributed by atoms with E-state index in [1.54, 1.807) is 65.2 Å². The molecule has 0 spiro atoms. The van der Waals surface area contributed by atoms with Crippen molar-refractivity contribution >= 4 is 35.3 Å². The van der Waals surface area contributed by atoms with Crippen LogP contribution in [0, 0.1) is 11.3 Å². The van der Waals surface area contributed by atoms with Crippen molar-refractivity contribution in [2.75, 3.05) is 40.9 Å². The summed E-state index contributed by atoms with van der Waals surface area (Å²) in [6, 6.07) is 4.53. The van der Waals surface area contributed by atoms with Gasteiger partial charge in [-0.05, 0) is 50.2 Å². The van der Waals surface area contributed by atoms with Gasteiger partial charge in [0.1, 0.15) is 18.1 Å². The fourth-order valence-corrected chi connectivity index (χ4v) is 5.66. The van der Waals surface area contributed by atoms with Gasteiger partial charge in [0, 0.05) is 27.7 Å². The van der Waals surface area contributed by atoms with Crippen molar-refractivity contribution in [3.8, 4) is 0 Å². The molecule has 14 heteroatoms. The molecule has 1 fully saturated rings. The summed E-state index contributed by atoms with van der Waals surface area (Å²) >= 11 is 0. The number of carbonyl (C=O) groups is 6. The summed E-state index contributed by atoms with van der Waals surface area (Å²) in [5.74, 6) is -3.63. The lowest BCUT2D eigenvalue weighted by atomic mass is 9.90. The number of Topliss-reactive ketones (excluding diaryl/α,β-unsaturated/α-hetero) is 1. The van der Waals surface area contributed by atoms with E-state index in [0.717, 1.165) is 0 Å². The Morgan fingerprint density at radius 2 is 1.67 bits per heavy atom. The topological polar surface area (TPSA) is 175 Å². The second-order valence-corrected chi connectivity index (χ2v) is 14.9. The monoisotopic (exact) mass is 714 g/mol. The second-order valence-electron chi connectivity index (χ2n) is 14.9. The molecule has 4 N–H and O–H groups in total. The van der Waals surface area contributed by atoms with E-state index in [1.807, 2.05) is 27.7 Å². The molecular formula is C37H58N6O8. The van der Waals surface area contributed by atoms with Crippen molar-refractivity contribution in [1.29, 1.82) is 0 Å². The normalized spacial score (nSPS) is 17.1. The van der Waals surface area contributed by atoms with Crippen LogP contribution in [-0.4, -0.2) is 110 Å². The molecule has 0 bridgehead atoms. The van der Waals surface area contributed by atoms with Gasteiger partial charge in [-0.25, -0.2) is 0 Å². The van der Waals surface area contributed by atoms with Gasteiger partial charge in [0.15, 0.2) is 5.88 Å². The van der Waals surface area contributed by atoms with Gasteiger partial charge in [0.05, 0.1) is 24.8 Å². The zero-order valence-electron chi connectivity index (χ0n) is 31.9. The van der Waals surface area contributed by atoms with Crippen molar-refractivity contribution < 1.29 is 38.2 Å². The van der Waals surface area contributed by atoms with E-state index in [4.69, 9.17) is 9.47 Å². The molecule has 1 heterocycles. The van der Waals surface area contributed by atoms with E-state index < -0.39 is 71.1 Å². The molecule has 51 heavy (non-hydrogen) atoms. The molecule has 0 aromatic heterocycles. The predicted molar refractivity (Wildman–Crippen MR) is 193 cm³/mol. The third-order valence-electron chi connectivity index (χ3n) is 8.64. The number of hydrogen-bond acceptors (Lipinski definition) is 9. The Morgan fingerprint density at radius 1 is 1.04 bits per heavy atom. The molecule has 1 aromatic rings. The molecule has 0 unspecified atom stereocenters. The van der Waals surface area contributed by atoms with Crippen LogP contribution in [0.4, 0.5) is 0 Å². The Labute approximate surface area is 302 Å². The highest BCUT2D eigenvalue weighted by Crippen LogP contribution is 2.35. The number of carbonyl (C=O) groups excluding carboxylic acids is 6. The molecule has 14 nitrogen and oxygen atoms in total. The van der Waals surface area contributed by atoms with Gasteiger partial charge in [-0.15, -0.1) is 0 Å². The average Bonchev–Trinajstić information content (AvgIpc) is 3.41. The van der Waals surface area contributed by atoms with Gasteiger partial charge < -0.3 is 40.5 Å². The minimum Gasteiger partial charge on any atom is -0.479 e. The zero-order chi connectivity index (χ0) is 38.7. The highest BCUT2D eigenvalue weighted by molar-refractivity contribution is 6.38. The molecule has 1 aliphatic heterocycles. The number of ketones is 1. The minimum atomic E-state index is -1.20. The third-order valence-corrected chi connectivity index (χ3v) is 8.64. The summed E-state index contributed by atoms with van der Waals surface area (Å²) in [5.41, 5.74) is -0.913. The van der Waals surface area contributed by atoms with Crippen molar-refractivity contribution in [2.45, 2.75) is 97.5 Å². The number of nitrogens with zero attached hydrogens (tertiary/aromatic N) is 2. The van der Waals surface area contributed by atoms with Crippen molar-refractivity contribution in [1.82, 2.24) is 31.1 Å². The predicted octanol–water partition coefficient (Wildman–Crippen LogP) is 2.06. The number of benzene rings is 1. The Bertz CT molecular complexity index is 1410. The fraction of sp³-hybridized carbons (Fsp3) is 0.622. The van der Waals surface area contributed by atoms with Crippen LogP contribution in [-0.2, 0) is 38.2 Å². The molecule has 4 atom stereocenters. The number of hydrogen-bond donors (Lipinski definition) is 4. The van der Waals surface area contributed by atoms with Gasteiger partial charge in [-0.1, -0.05) is 71.4 Å². The number of rotatable bonds is 19. The first-order valence-electron chi connectivity index (χ1n) is 17.4. The maximum absolute atomic E-state index is 14.2. The Kier molecular flexibility index (Phi) is 15.6. The first-order valence-corrected chi connectivity index (χ1v) is 17.4. The molecule has 1 aromatic carbocycles. The third kappa shape index (κ3) is 12.4. The summed E-state index contributed by atoms with van der Waals surface area (Å²) in [5, 5.41) is 10.7. The van der Waals surface area contributed by atoms with Gasteiger partial charge in [0.25, 0.3) is 5.91 Å². The van der Waals surface area contributed by atoms with Crippen LogP contribution < -0.4 is 21.3 Å². The van der Waals surface area contributed by atoms with E-state index in [9.17, 15) is 28.8 Å². The van der Waals surface area contributed by atoms with E-state index in [0.29, 0.717) is 25.0 Å². The lowest BCUT2D eigenvalue weighted by Gasteiger charge is -2.37. The molecule has 1 aliphatic rings. The van der Waals surface area contributed by atoms with Crippen LogP contribution >= 0.6 is 0 Å². The molecule has 0 radical (unpaired) electrons. The zero-order valence-corrected chi connectivity index (χ0v) is 31.9. The largest absolute Gasteiger partial charge is 0.479 e. The summed E-state index contributed by atoms with van der Waals surface area (Å²) in [6.45, 7) is 17.1. The summed E-state index contributed by atoms with van der Waals surface area (Å²) < 4.78 is 11.4. The van der Waals surface area contributed by atoms with Gasteiger partial charge in [-0.2, -0.15) is 0 Å². The van der Waals surface area contributed by atoms with Crippen LogP contribution in [0.25, 0.3) is 0 Å². The average molecular weight is 715 g/mol. The Hall–Kier alpha value is -4.46. The van der Waals surface area contributed by atoms with Crippen molar-refractivity contribution in [3.63, 3.8) is 0 Å². The molecule has 0 aliphatic carbocycles. The SMILES string of the molecule is C=C(N[C@H](C(=O)N1CC(C)(C)C[C@H]1C(=O)N[C@@H](CCC)C(=O)C(=O)NCC(=O)N[C@H](C(=O)N(C)C)c1ccccc1)C(C)(C)OC)OCC(C)C. The number of likely N-dealkylation sites (N-methyl/N-ethyl adjacent to an activating group) is 1. The number of amides is 5. The second kappa shape index (κ2) is 18.7. The highest BCUT2D eigenvalue weighted by Gasteiger charge is 2.49. The number of ether oxygens (including phenoxy) is 2. The maximum atomic E-state index is 14.2. The Morgan fingerprint density at radius 3 is 2.22 bits per heavy atom. The first kappa shape index (κ1) is 42.7. The minimum absolute atomic E-state index is 0.148. The maximum Gasteiger partial charge on any atom is 0.290 e. The summed E-state index contributed by atoms with van der Waals surface area (Å²) in [6.07, 6.45) is 0.917. The number of nitrogens with one attached hydrogen (secondary N) is 4. The molecule has 2 rings (SSSR count). The highest BCUT2D eigenvalue weighted by atomic mass is 16.5.